The van der Waals surface area contributed by atoms with Gasteiger partial charge in [0.25, 0.3) is 0 Å². The monoisotopic (exact) mass is 235 g/mol. The number of nitrogens with two attached hydrogens (primary N) is 1. The van der Waals surface area contributed by atoms with Crippen molar-refractivity contribution in [3.63, 3.8) is 0 Å². The summed E-state index contributed by atoms with van der Waals surface area (Å²) in [4.78, 5) is 6.36. The number of rotatable bonds is 5. The van der Waals surface area contributed by atoms with Crippen molar-refractivity contribution in [2.45, 2.75) is 38.3 Å². The zero-order chi connectivity index (χ0) is 12.1. The fraction of sp³-hybridized carbons (Fsp3) is 0.615. The lowest BCUT2D eigenvalue weighted by atomic mass is 10.1. The van der Waals surface area contributed by atoms with Gasteiger partial charge in [0, 0.05) is 25.3 Å². The van der Waals surface area contributed by atoms with E-state index in [0.717, 1.165) is 13.1 Å². The van der Waals surface area contributed by atoms with Crippen LogP contribution in [0.2, 0.25) is 0 Å². The second kappa shape index (κ2) is 5.98. The number of hydrogen-bond donors (Lipinski definition) is 2. The van der Waals surface area contributed by atoms with Crippen molar-refractivity contribution in [2.75, 3.05) is 18.9 Å². The number of aliphatic hydroxyl groups is 1. The number of aromatic nitrogens is 1. The number of aliphatic hydroxyl groups excluding tert-OH is 1. The lowest BCUT2D eigenvalue weighted by Crippen LogP contribution is -2.35. The molecule has 1 saturated carbocycles. The van der Waals surface area contributed by atoms with Crippen LogP contribution in [0.5, 0.6) is 0 Å². The van der Waals surface area contributed by atoms with Gasteiger partial charge in [0.2, 0.25) is 0 Å². The van der Waals surface area contributed by atoms with Crippen LogP contribution in [-0.2, 0) is 6.54 Å². The minimum atomic E-state index is 0.219. The Labute approximate surface area is 102 Å². The van der Waals surface area contributed by atoms with Crippen LogP contribution in [0.4, 0.5) is 5.82 Å². The van der Waals surface area contributed by atoms with Gasteiger partial charge in [-0.15, -0.1) is 0 Å². The van der Waals surface area contributed by atoms with Crippen molar-refractivity contribution in [1.29, 1.82) is 0 Å². The highest BCUT2D eigenvalue weighted by atomic mass is 16.3. The number of nitrogens with zero attached hydrogens (tertiary/aromatic N) is 2. The van der Waals surface area contributed by atoms with Gasteiger partial charge in [0.1, 0.15) is 5.82 Å². The summed E-state index contributed by atoms with van der Waals surface area (Å²) in [6.07, 6.45) is 6.87. The highest BCUT2D eigenvalue weighted by Crippen LogP contribution is 2.24. The Bertz CT molecular complexity index is 350. The molecule has 0 saturated heterocycles. The molecule has 1 fully saturated rings. The van der Waals surface area contributed by atoms with Crippen molar-refractivity contribution < 1.29 is 5.11 Å². The molecule has 0 unspecified atom stereocenters. The molecule has 0 aliphatic heterocycles. The maximum atomic E-state index is 9.15. The molecule has 1 heterocycles. The molecule has 2 rings (SSSR count). The van der Waals surface area contributed by atoms with E-state index in [1.54, 1.807) is 6.20 Å². The Hall–Kier alpha value is -1.13. The van der Waals surface area contributed by atoms with E-state index >= 15 is 0 Å². The molecule has 0 amide bonds. The third-order valence-corrected chi connectivity index (χ3v) is 3.46. The summed E-state index contributed by atoms with van der Waals surface area (Å²) in [5.41, 5.74) is 6.86. The largest absolute Gasteiger partial charge is 0.395 e. The van der Waals surface area contributed by atoms with Gasteiger partial charge in [-0.1, -0.05) is 12.8 Å². The summed E-state index contributed by atoms with van der Waals surface area (Å²) < 4.78 is 0. The molecule has 17 heavy (non-hydrogen) atoms. The third-order valence-electron chi connectivity index (χ3n) is 3.46. The van der Waals surface area contributed by atoms with Gasteiger partial charge in [-0.2, -0.15) is 0 Å². The second-order valence-electron chi connectivity index (χ2n) is 4.72. The average molecular weight is 235 g/mol. The van der Waals surface area contributed by atoms with E-state index in [1.165, 1.54) is 31.2 Å². The van der Waals surface area contributed by atoms with Crippen LogP contribution in [0, 0.1) is 0 Å². The highest BCUT2D eigenvalue weighted by Gasteiger charge is 2.22. The first kappa shape index (κ1) is 12.3. The van der Waals surface area contributed by atoms with Gasteiger partial charge in [-0.25, -0.2) is 4.98 Å². The number of anilines is 1. The molecule has 0 atom stereocenters. The van der Waals surface area contributed by atoms with Crippen LogP contribution in [-0.4, -0.2) is 34.2 Å². The zero-order valence-electron chi connectivity index (χ0n) is 10.2. The third kappa shape index (κ3) is 3.41. The predicted octanol–water partition coefficient (Wildman–Crippen LogP) is 1.40. The Morgan fingerprint density at radius 1 is 1.41 bits per heavy atom. The van der Waals surface area contributed by atoms with E-state index in [0.29, 0.717) is 11.9 Å². The van der Waals surface area contributed by atoms with Gasteiger partial charge in [0.05, 0.1) is 6.61 Å². The summed E-state index contributed by atoms with van der Waals surface area (Å²) in [6.45, 7) is 1.82. The molecule has 0 spiro atoms. The Morgan fingerprint density at radius 2 is 2.18 bits per heavy atom. The molecule has 1 aliphatic rings. The maximum Gasteiger partial charge on any atom is 0.123 e. The van der Waals surface area contributed by atoms with E-state index in [-0.39, 0.29) is 6.61 Å². The Kier molecular flexibility index (Phi) is 4.34. The minimum absolute atomic E-state index is 0.219. The second-order valence-corrected chi connectivity index (χ2v) is 4.72. The normalized spacial score (nSPS) is 16.8. The summed E-state index contributed by atoms with van der Waals surface area (Å²) in [6, 6.07) is 4.53. The van der Waals surface area contributed by atoms with Crippen molar-refractivity contribution >= 4 is 5.82 Å². The van der Waals surface area contributed by atoms with Crippen LogP contribution >= 0.6 is 0 Å². The molecule has 3 N–H and O–H groups in total. The molecule has 1 aromatic rings. The molecule has 0 radical (unpaired) electrons. The number of pyridine rings is 1. The standard InChI is InChI=1S/C13H21N3O/c14-13-9-11(5-6-15-13)10-16(7-8-17)12-3-1-2-4-12/h5-6,9,12,17H,1-4,7-8,10H2,(H2,14,15). The SMILES string of the molecule is Nc1cc(CN(CCO)C2CCCC2)ccn1. The smallest absolute Gasteiger partial charge is 0.123 e. The Balaban J connectivity index is 2.01. The van der Waals surface area contributed by atoms with Crippen LogP contribution in [0.3, 0.4) is 0 Å². The van der Waals surface area contributed by atoms with Gasteiger partial charge >= 0.3 is 0 Å². The van der Waals surface area contributed by atoms with E-state index in [4.69, 9.17) is 10.8 Å². The quantitative estimate of drug-likeness (QED) is 0.810. The van der Waals surface area contributed by atoms with Crippen molar-refractivity contribution in [3.05, 3.63) is 23.9 Å². The lowest BCUT2D eigenvalue weighted by Gasteiger charge is -2.28. The predicted molar refractivity (Wildman–Crippen MR) is 68.4 cm³/mol. The van der Waals surface area contributed by atoms with E-state index < -0.39 is 0 Å². The van der Waals surface area contributed by atoms with Crippen LogP contribution in [0.25, 0.3) is 0 Å². The first-order chi connectivity index (χ1) is 8.29. The molecule has 1 aliphatic carbocycles. The van der Waals surface area contributed by atoms with Gasteiger partial charge < -0.3 is 10.8 Å². The molecule has 0 aromatic carbocycles. The fourth-order valence-corrected chi connectivity index (χ4v) is 2.62. The minimum Gasteiger partial charge on any atom is -0.395 e. The summed E-state index contributed by atoms with van der Waals surface area (Å²) in [7, 11) is 0. The van der Waals surface area contributed by atoms with Gasteiger partial charge in [0.15, 0.2) is 0 Å². The first-order valence-electron chi connectivity index (χ1n) is 6.35. The van der Waals surface area contributed by atoms with Crippen molar-refractivity contribution in [1.82, 2.24) is 9.88 Å². The van der Waals surface area contributed by atoms with Crippen molar-refractivity contribution in [2.24, 2.45) is 0 Å². The number of hydrogen-bond acceptors (Lipinski definition) is 4. The fourth-order valence-electron chi connectivity index (χ4n) is 2.62. The van der Waals surface area contributed by atoms with E-state index in [1.807, 2.05) is 12.1 Å². The molecular weight excluding hydrogens is 214 g/mol. The van der Waals surface area contributed by atoms with E-state index in [9.17, 15) is 0 Å². The van der Waals surface area contributed by atoms with Crippen molar-refractivity contribution in [3.8, 4) is 0 Å². The summed E-state index contributed by atoms with van der Waals surface area (Å²) >= 11 is 0. The molecule has 1 aromatic heterocycles. The maximum absolute atomic E-state index is 9.15. The first-order valence-corrected chi connectivity index (χ1v) is 6.35. The number of nitrogen functional groups attached to an aromatic ring is 1. The topological polar surface area (TPSA) is 62.4 Å². The molecule has 0 bridgehead atoms. The average Bonchev–Trinajstić information content (AvgIpc) is 2.82. The van der Waals surface area contributed by atoms with E-state index in [2.05, 4.69) is 9.88 Å². The van der Waals surface area contributed by atoms with Gasteiger partial charge in [-0.3, -0.25) is 4.90 Å². The zero-order valence-corrected chi connectivity index (χ0v) is 10.2. The van der Waals surface area contributed by atoms with Crippen LogP contribution in [0.15, 0.2) is 18.3 Å². The summed E-state index contributed by atoms with van der Waals surface area (Å²) in [5, 5.41) is 9.15. The molecular formula is C13H21N3O. The lowest BCUT2D eigenvalue weighted by molar-refractivity contribution is 0.145. The van der Waals surface area contributed by atoms with Crippen LogP contribution in [0.1, 0.15) is 31.2 Å². The van der Waals surface area contributed by atoms with Crippen LogP contribution < -0.4 is 5.73 Å². The Morgan fingerprint density at radius 3 is 2.82 bits per heavy atom. The highest BCUT2D eigenvalue weighted by molar-refractivity contribution is 5.31. The molecule has 94 valence electrons. The molecule has 4 heteroatoms. The molecule has 4 nitrogen and oxygen atoms in total. The summed E-state index contributed by atoms with van der Waals surface area (Å²) in [5.74, 6) is 0.567. The van der Waals surface area contributed by atoms with Gasteiger partial charge in [-0.05, 0) is 30.5 Å².